The van der Waals surface area contributed by atoms with E-state index in [9.17, 15) is 9.59 Å². The standard InChI is InChI=1S/C16H27N7O2/c1-4-5-9-23-13(18-19-20-23)11-22-8-6-7-12(10-22)16(2)14(24)21(3)15(25)17-16/h12H,4-11H2,1-3H3,(H,17,25)/t12-,16+/m0/s1. The van der Waals surface area contributed by atoms with Gasteiger partial charge in [0.05, 0.1) is 6.54 Å². The quantitative estimate of drug-likeness (QED) is 0.757. The number of imide groups is 1. The summed E-state index contributed by atoms with van der Waals surface area (Å²) in [6.07, 6.45) is 4.06. The molecule has 9 nitrogen and oxygen atoms in total. The van der Waals surface area contributed by atoms with Crippen molar-refractivity contribution >= 4 is 11.9 Å². The fourth-order valence-corrected chi connectivity index (χ4v) is 3.77. The summed E-state index contributed by atoms with van der Waals surface area (Å²) in [5, 5.41) is 14.9. The van der Waals surface area contributed by atoms with Crippen molar-refractivity contribution in [2.45, 2.75) is 58.2 Å². The summed E-state index contributed by atoms with van der Waals surface area (Å²) in [4.78, 5) is 27.9. The molecule has 0 aliphatic carbocycles. The van der Waals surface area contributed by atoms with E-state index in [1.807, 2.05) is 11.6 Å². The number of carbonyl (C=O) groups is 2. The molecule has 3 heterocycles. The number of aryl methyl sites for hydroxylation is 1. The van der Waals surface area contributed by atoms with Crippen LogP contribution in [0.2, 0.25) is 0 Å². The van der Waals surface area contributed by atoms with Crippen LogP contribution in [0.25, 0.3) is 0 Å². The predicted molar refractivity (Wildman–Crippen MR) is 90.4 cm³/mol. The lowest BCUT2D eigenvalue weighted by Crippen LogP contribution is -2.55. The summed E-state index contributed by atoms with van der Waals surface area (Å²) in [5.41, 5.74) is -0.821. The van der Waals surface area contributed by atoms with Crippen molar-refractivity contribution in [3.8, 4) is 0 Å². The number of unbranched alkanes of at least 4 members (excludes halogenated alkanes) is 1. The Morgan fingerprint density at radius 1 is 1.36 bits per heavy atom. The van der Waals surface area contributed by atoms with Gasteiger partial charge in [-0.05, 0) is 43.2 Å². The molecule has 0 saturated carbocycles. The van der Waals surface area contributed by atoms with Crippen molar-refractivity contribution in [2.75, 3.05) is 20.1 Å². The molecule has 2 aliphatic heterocycles. The molecular formula is C16H27N7O2. The van der Waals surface area contributed by atoms with Crippen molar-refractivity contribution in [3.63, 3.8) is 0 Å². The summed E-state index contributed by atoms with van der Waals surface area (Å²) in [6, 6.07) is -0.312. The third kappa shape index (κ3) is 3.37. The van der Waals surface area contributed by atoms with E-state index in [0.717, 1.165) is 51.1 Å². The number of likely N-dealkylation sites (tertiary alicyclic amines) is 1. The normalized spacial score (nSPS) is 27.8. The van der Waals surface area contributed by atoms with E-state index in [4.69, 9.17) is 0 Å². The van der Waals surface area contributed by atoms with Gasteiger partial charge in [0.25, 0.3) is 5.91 Å². The number of piperidine rings is 1. The highest BCUT2D eigenvalue weighted by molar-refractivity contribution is 6.06. The summed E-state index contributed by atoms with van der Waals surface area (Å²) in [5.74, 6) is 0.804. The summed E-state index contributed by atoms with van der Waals surface area (Å²) >= 11 is 0. The van der Waals surface area contributed by atoms with E-state index in [2.05, 4.69) is 32.7 Å². The molecule has 3 amide bonds. The smallest absolute Gasteiger partial charge is 0.323 e. The van der Waals surface area contributed by atoms with Crippen LogP contribution in [0, 0.1) is 5.92 Å². The van der Waals surface area contributed by atoms with Gasteiger partial charge in [0, 0.05) is 26.1 Å². The van der Waals surface area contributed by atoms with Crippen molar-refractivity contribution in [3.05, 3.63) is 5.82 Å². The molecule has 25 heavy (non-hydrogen) atoms. The molecule has 1 aromatic rings. The first-order valence-electron chi connectivity index (χ1n) is 9.03. The Morgan fingerprint density at radius 2 is 2.16 bits per heavy atom. The first-order chi connectivity index (χ1) is 12.0. The van der Waals surface area contributed by atoms with Crippen molar-refractivity contribution in [1.29, 1.82) is 0 Å². The van der Waals surface area contributed by atoms with Gasteiger partial charge in [-0.3, -0.25) is 14.6 Å². The lowest BCUT2D eigenvalue weighted by Gasteiger charge is -2.39. The minimum Gasteiger partial charge on any atom is -0.323 e. The van der Waals surface area contributed by atoms with Gasteiger partial charge in [-0.25, -0.2) is 9.48 Å². The Labute approximate surface area is 147 Å². The maximum atomic E-state index is 12.5. The Kier molecular flexibility index (Phi) is 5.03. The van der Waals surface area contributed by atoms with E-state index >= 15 is 0 Å². The molecule has 9 heteroatoms. The van der Waals surface area contributed by atoms with Crippen LogP contribution in [0.4, 0.5) is 4.79 Å². The highest BCUT2D eigenvalue weighted by Crippen LogP contribution is 2.32. The molecule has 2 fully saturated rings. The van der Waals surface area contributed by atoms with E-state index in [1.165, 1.54) is 11.9 Å². The molecule has 2 atom stereocenters. The average molecular weight is 349 g/mol. The summed E-state index contributed by atoms with van der Waals surface area (Å²) in [7, 11) is 1.53. The first kappa shape index (κ1) is 17.8. The van der Waals surface area contributed by atoms with Gasteiger partial charge < -0.3 is 5.32 Å². The van der Waals surface area contributed by atoms with Gasteiger partial charge in [0.1, 0.15) is 5.54 Å². The monoisotopic (exact) mass is 349 g/mol. The maximum absolute atomic E-state index is 12.5. The van der Waals surface area contributed by atoms with Crippen molar-refractivity contribution in [2.24, 2.45) is 5.92 Å². The zero-order valence-corrected chi connectivity index (χ0v) is 15.2. The fourth-order valence-electron chi connectivity index (χ4n) is 3.77. The zero-order chi connectivity index (χ0) is 18.0. The van der Waals surface area contributed by atoms with Gasteiger partial charge in [-0.2, -0.15) is 0 Å². The summed E-state index contributed by atoms with van der Waals surface area (Å²) in [6.45, 7) is 7.18. The first-order valence-corrected chi connectivity index (χ1v) is 9.03. The number of hydrogen-bond acceptors (Lipinski definition) is 6. The van der Waals surface area contributed by atoms with E-state index < -0.39 is 5.54 Å². The van der Waals surface area contributed by atoms with Crippen LogP contribution in [0.15, 0.2) is 0 Å². The minimum absolute atomic E-state index is 0.0858. The number of aromatic nitrogens is 4. The van der Waals surface area contributed by atoms with Gasteiger partial charge in [0.15, 0.2) is 5.82 Å². The molecular weight excluding hydrogens is 322 g/mol. The largest absolute Gasteiger partial charge is 0.324 e. The van der Waals surface area contributed by atoms with Gasteiger partial charge in [-0.1, -0.05) is 13.3 Å². The molecule has 3 rings (SSSR count). The molecule has 0 aromatic carbocycles. The molecule has 1 N–H and O–H groups in total. The molecule has 0 bridgehead atoms. The molecule has 0 spiro atoms. The predicted octanol–water partition coefficient (Wildman–Crippen LogP) is 0.626. The average Bonchev–Trinajstić information content (AvgIpc) is 3.12. The van der Waals surface area contributed by atoms with Gasteiger partial charge >= 0.3 is 6.03 Å². The zero-order valence-electron chi connectivity index (χ0n) is 15.2. The van der Waals surface area contributed by atoms with Crippen LogP contribution in [0.1, 0.15) is 45.4 Å². The van der Waals surface area contributed by atoms with E-state index in [-0.39, 0.29) is 17.9 Å². The highest BCUT2D eigenvalue weighted by atomic mass is 16.2. The second-order valence-electron chi connectivity index (χ2n) is 7.24. The summed E-state index contributed by atoms with van der Waals surface area (Å²) < 4.78 is 1.87. The lowest BCUT2D eigenvalue weighted by molar-refractivity contribution is -0.132. The van der Waals surface area contributed by atoms with E-state index in [1.54, 1.807) is 0 Å². The number of urea groups is 1. The second-order valence-corrected chi connectivity index (χ2v) is 7.24. The number of carbonyl (C=O) groups excluding carboxylic acids is 2. The van der Waals surface area contributed by atoms with Crippen LogP contribution >= 0.6 is 0 Å². The minimum atomic E-state index is -0.821. The molecule has 2 aliphatic rings. The van der Waals surface area contributed by atoms with Crippen LogP contribution in [-0.2, 0) is 17.9 Å². The van der Waals surface area contributed by atoms with Crippen LogP contribution < -0.4 is 5.32 Å². The molecule has 138 valence electrons. The maximum Gasteiger partial charge on any atom is 0.324 e. The van der Waals surface area contributed by atoms with Crippen LogP contribution in [0.5, 0.6) is 0 Å². The Balaban J connectivity index is 1.67. The van der Waals surface area contributed by atoms with E-state index in [0.29, 0.717) is 6.54 Å². The fraction of sp³-hybridized carbons (Fsp3) is 0.812. The Morgan fingerprint density at radius 3 is 2.84 bits per heavy atom. The van der Waals surface area contributed by atoms with Gasteiger partial charge in [0.2, 0.25) is 0 Å². The second kappa shape index (κ2) is 7.07. The Hall–Kier alpha value is -2.03. The number of likely N-dealkylation sites (N-methyl/N-ethyl adjacent to an activating group) is 1. The third-order valence-electron chi connectivity index (χ3n) is 5.44. The SMILES string of the molecule is CCCCn1nnnc1CN1CCC[C@H]([C@@]2(C)NC(=O)N(C)C2=O)C1. The number of tetrazole rings is 1. The lowest BCUT2D eigenvalue weighted by atomic mass is 9.80. The molecule has 1 aromatic heterocycles. The number of nitrogens with one attached hydrogen (secondary N) is 1. The van der Waals surface area contributed by atoms with Crippen molar-refractivity contribution < 1.29 is 9.59 Å². The highest BCUT2D eigenvalue weighted by Gasteiger charge is 2.51. The van der Waals surface area contributed by atoms with Crippen LogP contribution in [-0.4, -0.2) is 67.6 Å². The number of rotatable bonds is 6. The number of amides is 3. The molecule has 2 saturated heterocycles. The topological polar surface area (TPSA) is 96.2 Å². The molecule has 0 radical (unpaired) electrons. The Bertz CT molecular complexity index is 646. The van der Waals surface area contributed by atoms with Gasteiger partial charge in [-0.15, -0.1) is 5.10 Å². The molecule has 0 unspecified atom stereocenters. The third-order valence-corrected chi connectivity index (χ3v) is 5.44. The number of hydrogen-bond donors (Lipinski definition) is 1. The number of nitrogens with zero attached hydrogens (tertiary/aromatic N) is 6. The van der Waals surface area contributed by atoms with Crippen LogP contribution in [0.3, 0.4) is 0 Å². The van der Waals surface area contributed by atoms with Crippen molar-refractivity contribution in [1.82, 2.24) is 35.3 Å².